The molecule has 0 aromatic carbocycles. The van der Waals surface area contributed by atoms with E-state index < -0.39 is 0 Å². The molecular weight excluding hydrogens is 246 g/mol. The first-order valence-electron chi connectivity index (χ1n) is 6.68. The number of piperidine rings is 1. The number of hydrogen-bond acceptors (Lipinski definition) is 6. The van der Waals surface area contributed by atoms with Crippen molar-refractivity contribution in [3.63, 3.8) is 0 Å². The van der Waals surface area contributed by atoms with Gasteiger partial charge in [0, 0.05) is 19.6 Å². The van der Waals surface area contributed by atoms with Gasteiger partial charge in [-0.05, 0) is 26.3 Å². The lowest BCUT2D eigenvalue weighted by atomic mass is 9.97. The third kappa shape index (κ3) is 4.00. The number of hydrogen-bond donors (Lipinski definition) is 2. The zero-order valence-corrected chi connectivity index (χ0v) is 11.3. The number of nitrogens with two attached hydrogens (primary N) is 1. The third-order valence-corrected chi connectivity index (χ3v) is 3.25. The quantitative estimate of drug-likeness (QED) is 0.758. The topological polar surface area (TPSA) is 97.3 Å². The van der Waals surface area contributed by atoms with Gasteiger partial charge in [0.05, 0.1) is 12.5 Å². The van der Waals surface area contributed by atoms with Crippen LogP contribution in [0.25, 0.3) is 0 Å². The van der Waals surface area contributed by atoms with Crippen LogP contribution in [0.3, 0.4) is 0 Å². The summed E-state index contributed by atoms with van der Waals surface area (Å²) in [5.41, 5.74) is 5.39. The molecule has 2 rings (SSSR count). The number of carbonyl (C=O) groups is 1. The summed E-state index contributed by atoms with van der Waals surface area (Å²) in [6.45, 7) is 5.12. The minimum atomic E-state index is 0.0318. The Morgan fingerprint density at radius 2 is 2.47 bits per heavy atom. The molecule has 19 heavy (non-hydrogen) atoms. The summed E-state index contributed by atoms with van der Waals surface area (Å²) in [6.07, 6.45) is 1.93. The molecule has 0 spiro atoms. The average molecular weight is 267 g/mol. The zero-order chi connectivity index (χ0) is 13.7. The molecule has 1 atom stereocenters. The zero-order valence-electron chi connectivity index (χ0n) is 11.3. The summed E-state index contributed by atoms with van der Waals surface area (Å²) in [7, 11) is 0. The first kappa shape index (κ1) is 14.0. The lowest BCUT2D eigenvalue weighted by Gasteiger charge is -2.30. The predicted octanol–water partition coefficient (Wildman–Crippen LogP) is -0.335. The number of nitrogens with one attached hydrogen (secondary N) is 1. The van der Waals surface area contributed by atoms with E-state index in [4.69, 9.17) is 10.3 Å². The molecule has 3 N–H and O–H groups in total. The molecule has 1 aliphatic heterocycles. The SMILES string of the molecule is Cc1noc(CN2CCCC(C(=O)NCCN)C2)n1. The van der Waals surface area contributed by atoms with E-state index in [1.54, 1.807) is 6.92 Å². The Morgan fingerprint density at radius 3 is 3.16 bits per heavy atom. The van der Waals surface area contributed by atoms with Crippen molar-refractivity contribution < 1.29 is 9.32 Å². The van der Waals surface area contributed by atoms with Crippen molar-refractivity contribution in [2.45, 2.75) is 26.3 Å². The van der Waals surface area contributed by atoms with E-state index in [1.807, 2.05) is 0 Å². The molecule has 2 heterocycles. The molecule has 1 fully saturated rings. The van der Waals surface area contributed by atoms with Crippen LogP contribution in [0.1, 0.15) is 24.6 Å². The van der Waals surface area contributed by atoms with Gasteiger partial charge in [-0.1, -0.05) is 5.16 Å². The van der Waals surface area contributed by atoms with Gasteiger partial charge in [-0.15, -0.1) is 0 Å². The molecule has 7 heteroatoms. The Balaban J connectivity index is 1.84. The summed E-state index contributed by atoms with van der Waals surface area (Å²) in [6, 6.07) is 0. The number of rotatable bonds is 5. The lowest BCUT2D eigenvalue weighted by molar-refractivity contribution is -0.126. The molecule has 0 radical (unpaired) electrons. The fourth-order valence-electron chi connectivity index (χ4n) is 2.35. The van der Waals surface area contributed by atoms with E-state index in [9.17, 15) is 4.79 Å². The second-order valence-electron chi connectivity index (χ2n) is 4.89. The highest BCUT2D eigenvalue weighted by Crippen LogP contribution is 2.18. The minimum absolute atomic E-state index is 0.0318. The van der Waals surface area contributed by atoms with Crippen LogP contribution < -0.4 is 11.1 Å². The van der Waals surface area contributed by atoms with E-state index >= 15 is 0 Å². The Labute approximate surface area is 112 Å². The van der Waals surface area contributed by atoms with Crippen LogP contribution in [0, 0.1) is 12.8 Å². The average Bonchev–Trinajstić information content (AvgIpc) is 2.81. The van der Waals surface area contributed by atoms with Gasteiger partial charge < -0.3 is 15.6 Å². The Kier molecular flexibility index (Phi) is 4.86. The van der Waals surface area contributed by atoms with Crippen LogP contribution in [-0.4, -0.2) is 47.1 Å². The number of likely N-dealkylation sites (tertiary alicyclic amines) is 1. The molecule has 1 aromatic rings. The van der Waals surface area contributed by atoms with E-state index in [-0.39, 0.29) is 11.8 Å². The monoisotopic (exact) mass is 267 g/mol. The highest BCUT2D eigenvalue weighted by molar-refractivity contribution is 5.78. The molecule has 7 nitrogen and oxygen atoms in total. The maximum atomic E-state index is 11.9. The molecule has 1 aliphatic rings. The van der Waals surface area contributed by atoms with Gasteiger partial charge in [0.2, 0.25) is 11.8 Å². The number of nitrogens with zero attached hydrogens (tertiary/aromatic N) is 3. The van der Waals surface area contributed by atoms with E-state index in [0.29, 0.717) is 31.3 Å². The molecule has 1 unspecified atom stereocenters. The second-order valence-corrected chi connectivity index (χ2v) is 4.89. The summed E-state index contributed by atoms with van der Waals surface area (Å²) in [5.74, 6) is 1.38. The summed E-state index contributed by atoms with van der Waals surface area (Å²) in [5, 5.41) is 6.62. The first-order chi connectivity index (χ1) is 9.19. The lowest BCUT2D eigenvalue weighted by Crippen LogP contribution is -2.43. The van der Waals surface area contributed by atoms with Gasteiger partial charge in [-0.3, -0.25) is 9.69 Å². The largest absolute Gasteiger partial charge is 0.355 e. The molecule has 1 saturated heterocycles. The molecule has 1 aromatic heterocycles. The van der Waals surface area contributed by atoms with Gasteiger partial charge in [-0.25, -0.2) is 0 Å². The van der Waals surface area contributed by atoms with E-state index in [2.05, 4.69) is 20.4 Å². The smallest absolute Gasteiger partial charge is 0.240 e. The van der Waals surface area contributed by atoms with Gasteiger partial charge in [0.25, 0.3) is 0 Å². The van der Waals surface area contributed by atoms with Crippen LogP contribution >= 0.6 is 0 Å². The first-order valence-corrected chi connectivity index (χ1v) is 6.68. The Morgan fingerprint density at radius 1 is 1.63 bits per heavy atom. The standard InChI is InChI=1S/C12H21N5O2/c1-9-15-11(19-16-9)8-17-6-2-3-10(7-17)12(18)14-5-4-13/h10H,2-8,13H2,1H3,(H,14,18). The second kappa shape index (κ2) is 6.63. The van der Waals surface area contributed by atoms with Gasteiger partial charge in [0.1, 0.15) is 0 Å². The normalized spacial score (nSPS) is 20.4. The maximum absolute atomic E-state index is 11.9. The van der Waals surface area contributed by atoms with Crippen molar-refractivity contribution in [3.8, 4) is 0 Å². The summed E-state index contributed by atoms with van der Waals surface area (Å²) in [4.78, 5) is 18.3. The molecule has 0 aliphatic carbocycles. The van der Waals surface area contributed by atoms with Crippen LogP contribution in [0.5, 0.6) is 0 Å². The Bertz CT molecular complexity index is 420. The van der Waals surface area contributed by atoms with Crippen LogP contribution in [-0.2, 0) is 11.3 Å². The number of aryl methyl sites for hydroxylation is 1. The summed E-state index contributed by atoms with van der Waals surface area (Å²) >= 11 is 0. The highest BCUT2D eigenvalue weighted by Gasteiger charge is 2.26. The van der Waals surface area contributed by atoms with Crippen molar-refractivity contribution in [2.24, 2.45) is 11.7 Å². The minimum Gasteiger partial charge on any atom is -0.355 e. The number of carbonyl (C=O) groups excluding carboxylic acids is 1. The van der Waals surface area contributed by atoms with Gasteiger partial charge in [0.15, 0.2) is 5.82 Å². The van der Waals surface area contributed by atoms with Crippen molar-refractivity contribution in [1.82, 2.24) is 20.4 Å². The fourth-order valence-corrected chi connectivity index (χ4v) is 2.35. The van der Waals surface area contributed by atoms with Gasteiger partial charge in [-0.2, -0.15) is 4.98 Å². The van der Waals surface area contributed by atoms with Crippen molar-refractivity contribution in [3.05, 3.63) is 11.7 Å². The van der Waals surface area contributed by atoms with Crippen molar-refractivity contribution in [1.29, 1.82) is 0 Å². The van der Waals surface area contributed by atoms with Gasteiger partial charge >= 0.3 is 0 Å². The van der Waals surface area contributed by atoms with Crippen LogP contribution in [0.2, 0.25) is 0 Å². The third-order valence-electron chi connectivity index (χ3n) is 3.25. The summed E-state index contributed by atoms with van der Waals surface area (Å²) < 4.78 is 5.11. The molecule has 106 valence electrons. The van der Waals surface area contributed by atoms with Crippen LogP contribution in [0.4, 0.5) is 0 Å². The van der Waals surface area contributed by atoms with E-state index in [0.717, 1.165) is 25.9 Å². The molecule has 0 bridgehead atoms. The van der Waals surface area contributed by atoms with Crippen LogP contribution in [0.15, 0.2) is 4.52 Å². The maximum Gasteiger partial charge on any atom is 0.240 e. The Hall–Kier alpha value is -1.47. The molecule has 1 amide bonds. The van der Waals surface area contributed by atoms with Crippen molar-refractivity contribution >= 4 is 5.91 Å². The fraction of sp³-hybridized carbons (Fsp3) is 0.750. The highest BCUT2D eigenvalue weighted by atomic mass is 16.5. The van der Waals surface area contributed by atoms with Crippen molar-refractivity contribution in [2.75, 3.05) is 26.2 Å². The molecular formula is C12H21N5O2. The predicted molar refractivity (Wildman–Crippen MR) is 69.1 cm³/mol. The number of aromatic nitrogens is 2. The number of amides is 1. The van der Waals surface area contributed by atoms with E-state index in [1.165, 1.54) is 0 Å². The molecule has 0 saturated carbocycles.